The lowest BCUT2D eigenvalue weighted by Crippen LogP contribution is -2.00. The largest absolute Gasteiger partial charge is 0.400 e. The van der Waals surface area contributed by atoms with Crippen LogP contribution in [-0.4, -0.2) is 12.2 Å². The number of hydrogen-bond acceptors (Lipinski definition) is 4. The normalized spacial score (nSPS) is 8.73. The number of aliphatic hydroxyl groups is 1. The summed E-state index contributed by atoms with van der Waals surface area (Å²) in [4.78, 5) is 2.93. The Bertz CT molecular complexity index is 642. The zero-order valence-corrected chi connectivity index (χ0v) is 12.1. The molecule has 7 heteroatoms. The summed E-state index contributed by atoms with van der Waals surface area (Å²) in [6.07, 6.45) is 0. The number of hydrogen-bond donors (Lipinski definition) is 4. The zero-order chi connectivity index (χ0) is 17.1. The summed E-state index contributed by atoms with van der Waals surface area (Å²) in [6.45, 7) is 6.70. The van der Waals surface area contributed by atoms with Gasteiger partial charge in [-0.3, -0.25) is 0 Å². The average molecular weight is 308 g/mol. The molecule has 0 amide bonds. The number of nitrogens with two attached hydrogens (primary N) is 3. The van der Waals surface area contributed by atoms with E-state index in [0.29, 0.717) is 16.9 Å². The molecule has 5 nitrogen and oxygen atoms in total. The van der Waals surface area contributed by atoms with Crippen LogP contribution in [0.5, 0.6) is 0 Å². The standard InChI is InChI=1S/C7H5FN2.C7H9FN2.CH4O/c1-10-7-4-5(9)2-3-6(7)8;8-7-2-1-6(10)3-5(7)4-9;1-2/h2-4H,9H2;1-3H,4,9-10H2;2H,1H3. The molecule has 2 aromatic carbocycles. The van der Waals surface area contributed by atoms with Crippen molar-refractivity contribution in [2.75, 3.05) is 18.6 Å². The first kappa shape index (κ1) is 19.3. The molecule has 0 atom stereocenters. The minimum atomic E-state index is -0.524. The van der Waals surface area contributed by atoms with Crippen LogP contribution in [0, 0.1) is 18.2 Å². The van der Waals surface area contributed by atoms with Crippen LogP contribution in [0.2, 0.25) is 0 Å². The van der Waals surface area contributed by atoms with Gasteiger partial charge in [0.25, 0.3) is 0 Å². The number of anilines is 2. The molecule has 0 aliphatic rings. The first-order valence-corrected chi connectivity index (χ1v) is 6.09. The summed E-state index contributed by atoms with van der Waals surface area (Å²) in [7, 11) is 1.00. The van der Waals surface area contributed by atoms with Crippen molar-refractivity contribution in [1.29, 1.82) is 0 Å². The van der Waals surface area contributed by atoms with Crippen LogP contribution >= 0.6 is 0 Å². The summed E-state index contributed by atoms with van der Waals surface area (Å²) in [6, 6.07) is 8.27. The second-order valence-corrected chi connectivity index (χ2v) is 3.88. The van der Waals surface area contributed by atoms with E-state index in [-0.39, 0.29) is 18.0 Å². The summed E-state index contributed by atoms with van der Waals surface area (Å²) in [5, 5.41) is 7.00. The predicted molar refractivity (Wildman–Crippen MR) is 83.9 cm³/mol. The number of benzene rings is 2. The Labute approximate surface area is 127 Å². The van der Waals surface area contributed by atoms with Gasteiger partial charge in [-0.25, -0.2) is 13.6 Å². The fourth-order valence-electron chi connectivity index (χ4n) is 1.37. The molecule has 0 aliphatic carbocycles. The van der Waals surface area contributed by atoms with E-state index >= 15 is 0 Å². The van der Waals surface area contributed by atoms with Crippen LogP contribution in [0.1, 0.15) is 5.56 Å². The maximum Gasteiger partial charge on any atom is 0.224 e. The molecule has 0 unspecified atom stereocenters. The fourth-order valence-corrected chi connectivity index (χ4v) is 1.37. The van der Waals surface area contributed by atoms with E-state index in [1.807, 2.05) is 0 Å². The van der Waals surface area contributed by atoms with E-state index in [4.69, 9.17) is 28.9 Å². The van der Waals surface area contributed by atoms with Crippen LogP contribution in [0.25, 0.3) is 4.85 Å². The molecule has 0 radical (unpaired) electrons. The fraction of sp³-hybridized carbons (Fsp3) is 0.133. The van der Waals surface area contributed by atoms with Crippen molar-refractivity contribution in [3.8, 4) is 0 Å². The highest BCUT2D eigenvalue weighted by atomic mass is 19.1. The molecular weight excluding hydrogens is 290 g/mol. The van der Waals surface area contributed by atoms with Crippen LogP contribution in [0.4, 0.5) is 25.8 Å². The molecule has 118 valence electrons. The number of rotatable bonds is 1. The van der Waals surface area contributed by atoms with E-state index in [9.17, 15) is 8.78 Å². The Kier molecular flexibility index (Phi) is 8.86. The molecule has 2 rings (SSSR count). The third-order valence-corrected chi connectivity index (χ3v) is 2.38. The van der Waals surface area contributed by atoms with Crippen LogP contribution in [0.3, 0.4) is 0 Å². The monoisotopic (exact) mass is 308 g/mol. The molecule has 0 aromatic heterocycles. The van der Waals surface area contributed by atoms with E-state index in [2.05, 4.69) is 4.85 Å². The minimum Gasteiger partial charge on any atom is -0.400 e. The highest BCUT2D eigenvalue weighted by Crippen LogP contribution is 2.19. The van der Waals surface area contributed by atoms with Gasteiger partial charge < -0.3 is 22.3 Å². The molecule has 22 heavy (non-hydrogen) atoms. The van der Waals surface area contributed by atoms with Crippen molar-refractivity contribution in [3.63, 3.8) is 0 Å². The minimum absolute atomic E-state index is 0.0278. The first-order chi connectivity index (χ1) is 10.5. The molecule has 0 spiro atoms. The average Bonchev–Trinajstić information content (AvgIpc) is 2.54. The van der Waals surface area contributed by atoms with Crippen molar-refractivity contribution >= 4 is 17.1 Å². The quantitative estimate of drug-likeness (QED) is 0.480. The van der Waals surface area contributed by atoms with Gasteiger partial charge in [-0.15, -0.1) is 0 Å². The number of aliphatic hydroxyl groups excluding tert-OH is 1. The van der Waals surface area contributed by atoms with Gasteiger partial charge in [0.2, 0.25) is 5.69 Å². The van der Waals surface area contributed by atoms with Crippen molar-refractivity contribution in [1.82, 2.24) is 0 Å². The summed E-state index contributed by atoms with van der Waals surface area (Å²) < 4.78 is 25.1. The lowest BCUT2D eigenvalue weighted by Gasteiger charge is -1.99. The SMILES string of the molecule is CO.NCc1cc(N)ccc1F.[C-]#[N+]c1cc(N)ccc1F. The maximum atomic E-state index is 12.6. The highest BCUT2D eigenvalue weighted by molar-refractivity contribution is 5.55. The molecule has 0 saturated carbocycles. The van der Waals surface area contributed by atoms with Crippen LogP contribution in [-0.2, 0) is 6.54 Å². The molecule has 0 fully saturated rings. The van der Waals surface area contributed by atoms with E-state index in [1.54, 1.807) is 0 Å². The maximum absolute atomic E-state index is 12.6. The Hall–Kier alpha value is -2.69. The Balaban J connectivity index is 0.000000360. The molecule has 0 heterocycles. The molecule has 7 N–H and O–H groups in total. The summed E-state index contributed by atoms with van der Waals surface area (Å²) in [5.41, 5.74) is 17.3. The topological polar surface area (TPSA) is 103 Å². The van der Waals surface area contributed by atoms with Crippen molar-refractivity contribution in [2.24, 2.45) is 5.73 Å². The van der Waals surface area contributed by atoms with Gasteiger partial charge in [0, 0.05) is 30.6 Å². The second kappa shape index (κ2) is 10.1. The lowest BCUT2D eigenvalue weighted by atomic mass is 10.2. The zero-order valence-electron chi connectivity index (χ0n) is 12.1. The van der Waals surface area contributed by atoms with Crippen molar-refractivity contribution in [2.45, 2.75) is 6.54 Å². The third-order valence-electron chi connectivity index (χ3n) is 2.38. The highest BCUT2D eigenvalue weighted by Gasteiger charge is 1.99. The third kappa shape index (κ3) is 6.17. The smallest absolute Gasteiger partial charge is 0.224 e. The van der Waals surface area contributed by atoms with Crippen molar-refractivity contribution in [3.05, 3.63) is 65.0 Å². The first-order valence-electron chi connectivity index (χ1n) is 6.09. The molecule has 2 aromatic rings. The Morgan fingerprint density at radius 2 is 1.50 bits per heavy atom. The number of halogens is 2. The lowest BCUT2D eigenvalue weighted by molar-refractivity contribution is 0.399. The van der Waals surface area contributed by atoms with Gasteiger partial charge in [0.05, 0.1) is 6.57 Å². The molecule has 0 aliphatic heterocycles. The summed E-state index contributed by atoms with van der Waals surface area (Å²) in [5.74, 6) is -0.819. The predicted octanol–water partition coefficient (Wildman–Crippen LogP) is 2.43. The van der Waals surface area contributed by atoms with Crippen LogP contribution in [0.15, 0.2) is 36.4 Å². The Morgan fingerprint density at radius 3 is 1.91 bits per heavy atom. The van der Waals surface area contributed by atoms with Gasteiger partial charge in [0.15, 0.2) is 0 Å². The van der Waals surface area contributed by atoms with Gasteiger partial charge in [-0.1, -0.05) is 0 Å². The van der Waals surface area contributed by atoms with Gasteiger partial charge in [-0.05, 0) is 36.4 Å². The van der Waals surface area contributed by atoms with Crippen molar-refractivity contribution < 1.29 is 13.9 Å². The number of nitrogen functional groups attached to an aromatic ring is 2. The Morgan fingerprint density at radius 1 is 1.00 bits per heavy atom. The van der Waals surface area contributed by atoms with Gasteiger partial charge in [0.1, 0.15) is 11.6 Å². The van der Waals surface area contributed by atoms with Gasteiger partial charge >= 0.3 is 0 Å². The molecule has 0 saturated heterocycles. The van der Waals surface area contributed by atoms with Gasteiger partial charge in [-0.2, -0.15) is 0 Å². The van der Waals surface area contributed by atoms with Crippen LogP contribution < -0.4 is 17.2 Å². The molecular formula is C15H18F2N4O. The molecule has 0 bridgehead atoms. The van der Waals surface area contributed by atoms with E-state index in [0.717, 1.165) is 7.11 Å². The number of nitrogens with zero attached hydrogens (tertiary/aromatic N) is 1. The van der Waals surface area contributed by atoms with E-state index < -0.39 is 5.82 Å². The second-order valence-electron chi connectivity index (χ2n) is 3.88. The van der Waals surface area contributed by atoms with E-state index in [1.165, 1.54) is 36.4 Å². The summed E-state index contributed by atoms with van der Waals surface area (Å²) >= 11 is 0.